The molecular weight excluding hydrogens is 396 g/mol. The monoisotopic (exact) mass is 426 g/mol. The van der Waals surface area contributed by atoms with Crippen molar-refractivity contribution in [3.05, 3.63) is 59.1 Å². The van der Waals surface area contributed by atoms with Crippen LogP contribution in [0.25, 0.3) is 5.76 Å². The van der Waals surface area contributed by atoms with Crippen LogP contribution in [0.15, 0.2) is 46.4 Å². The van der Waals surface area contributed by atoms with Crippen LogP contribution in [-0.4, -0.2) is 59.9 Å². The summed E-state index contributed by atoms with van der Waals surface area (Å²) >= 11 is 0. The van der Waals surface area contributed by atoms with Crippen molar-refractivity contribution in [2.45, 2.75) is 39.3 Å². The van der Waals surface area contributed by atoms with Crippen LogP contribution >= 0.6 is 0 Å². The number of rotatable bonds is 8. The number of hydrogen-bond acceptors (Lipinski definition) is 6. The first kappa shape index (κ1) is 22.6. The summed E-state index contributed by atoms with van der Waals surface area (Å²) in [6.45, 7) is 6.80. The third kappa shape index (κ3) is 4.99. The zero-order valence-electron chi connectivity index (χ0n) is 18.7. The fourth-order valence-corrected chi connectivity index (χ4v) is 3.68. The Morgan fingerprint density at radius 1 is 1.16 bits per heavy atom. The molecule has 0 saturated carbocycles. The van der Waals surface area contributed by atoms with Gasteiger partial charge in [-0.15, -0.1) is 0 Å². The van der Waals surface area contributed by atoms with Crippen molar-refractivity contribution in [2.24, 2.45) is 0 Å². The maximum Gasteiger partial charge on any atom is 0.295 e. The molecule has 1 aliphatic rings. The van der Waals surface area contributed by atoms with Crippen molar-refractivity contribution < 1.29 is 23.8 Å². The van der Waals surface area contributed by atoms with Gasteiger partial charge >= 0.3 is 0 Å². The van der Waals surface area contributed by atoms with Gasteiger partial charge in [-0.25, -0.2) is 0 Å². The first-order chi connectivity index (χ1) is 14.7. The van der Waals surface area contributed by atoms with E-state index in [4.69, 9.17) is 9.15 Å². The van der Waals surface area contributed by atoms with Gasteiger partial charge in [0.05, 0.1) is 11.7 Å². The minimum atomic E-state index is -0.762. The molecule has 0 bridgehead atoms. The molecule has 1 aromatic carbocycles. The normalized spacial score (nSPS) is 18.4. The van der Waals surface area contributed by atoms with E-state index < -0.39 is 17.7 Å². The van der Waals surface area contributed by atoms with Crippen LogP contribution in [-0.2, 0) is 9.59 Å². The van der Waals surface area contributed by atoms with Crippen molar-refractivity contribution >= 4 is 17.4 Å². The van der Waals surface area contributed by atoms with E-state index in [0.717, 1.165) is 6.54 Å². The number of furan rings is 1. The lowest BCUT2D eigenvalue weighted by atomic mass is 9.99. The van der Waals surface area contributed by atoms with Gasteiger partial charge in [-0.05, 0) is 84.2 Å². The molecule has 2 heterocycles. The largest absolute Gasteiger partial charge is 0.507 e. The van der Waals surface area contributed by atoms with Crippen LogP contribution in [0.3, 0.4) is 0 Å². The number of carbonyl (C=O) groups excluding carboxylic acids is 2. The lowest BCUT2D eigenvalue weighted by molar-refractivity contribution is -0.140. The van der Waals surface area contributed by atoms with E-state index in [1.165, 1.54) is 4.90 Å². The van der Waals surface area contributed by atoms with Gasteiger partial charge in [0, 0.05) is 12.1 Å². The summed E-state index contributed by atoms with van der Waals surface area (Å²) < 4.78 is 11.4. The Hall–Kier alpha value is -3.06. The Bertz CT molecular complexity index is 972. The number of nitrogens with zero attached hydrogens (tertiary/aromatic N) is 2. The molecule has 2 aromatic rings. The number of ether oxygens (including phenoxy) is 1. The van der Waals surface area contributed by atoms with Crippen LogP contribution in [0.1, 0.15) is 43.4 Å². The highest BCUT2D eigenvalue weighted by Gasteiger charge is 2.47. The number of hydrogen-bond donors (Lipinski definition) is 1. The summed E-state index contributed by atoms with van der Waals surface area (Å²) in [6.07, 6.45) is 0.714. The summed E-state index contributed by atoms with van der Waals surface area (Å²) in [5.41, 5.74) is 0.484. The molecule has 7 nitrogen and oxygen atoms in total. The van der Waals surface area contributed by atoms with Gasteiger partial charge in [-0.3, -0.25) is 9.59 Å². The number of aryl methyl sites for hydroxylation is 1. The topological polar surface area (TPSA) is 83.2 Å². The summed E-state index contributed by atoms with van der Waals surface area (Å²) in [4.78, 5) is 29.3. The standard InChI is InChI=1S/C24H30N2O5/c1-15(2)30-18-10-8-17(9-11-18)22(27)20-21(19-12-7-16(3)31-19)26(24(29)23(20)28)14-6-13-25(4)5/h7-12,15,21,27H,6,13-14H2,1-5H3/b22-20-. The molecule has 1 amide bonds. The third-order valence-electron chi connectivity index (χ3n) is 5.07. The van der Waals surface area contributed by atoms with Crippen LogP contribution in [0.4, 0.5) is 0 Å². The Morgan fingerprint density at radius 3 is 2.39 bits per heavy atom. The van der Waals surface area contributed by atoms with Crippen molar-refractivity contribution in [2.75, 3.05) is 27.2 Å². The van der Waals surface area contributed by atoms with Crippen molar-refractivity contribution in [3.63, 3.8) is 0 Å². The fraction of sp³-hybridized carbons (Fsp3) is 0.417. The van der Waals surface area contributed by atoms with E-state index in [2.05, 4.69) is 0 Å². The molecule has 0 aliphatic carbocycles. The molecular formula is C24H30N2O5. The Labute approximate surface area is 182 Å². The zero-order valence-corrected chi connectivity index (χ0v) is 18.7. The van der Waals surface area contributed by atoms with E-state index in [-0.39, 0.29) is 17.4 Å². The molecule has 3 rings (SSSR count). The molecule has 166 valence electrons. The fourth-order valence-electron chi connectivity index (χ4n) is 3.68. The van der Waals surface area contributed by atoms with Gasteiger partial charge in [-0.2, -0.15) is 0 Å². The molecule has 1 fully saturated rings. The van der Waals surface area contributed by atoms with Crippen LogP contribution in [0, 0.1) is 6.92 Å². The van der Waals surface area contributed by atoms with E-state index in [0.29, 0.717) is 35.8 Å². The predicted octanol–water partition coefficient (Wildman–Crippen LogP) is 3.75. The Morgan fingerprint density at radius 2 is 1.84 bits per heavy atom. The maximum absolute atomic E-state index is 12.9. The molecule has 1 unspecified atom stereocenters. The van der Waals surface area contributed by atoms with E-state index in [1.807, 2.05) is 32.8 Å². The van der Waals surface area contributed by atoms with Crippen LogP contribution < -0.4 is 4.74 Å². The minimum Gasteiger partial charge on any atom is -0.507 e. The highest BCUT2D eigenvalue weighted by molar-refractivity contribution is 6.46. The smallest absolute Gasteiger partial charge is 0.295 e. The quantitative estimate of drug-likeness (QED) is 0.393. The average molecular weight is 427 g/mol. The Balaban J connectivity index is 2.00. The van der Waals surface area contributed by atoms with E-state index in [1.54, 1.807) is 43.3 Å². The van der Waals surface area contributed by atoms with Gasteiger partial charge in [0.25, 0.3) is 11.7 Å². The van der Waals surface area contributed by atoms with Gasteiger partial charge in [0.15, 0.2) is 0 Å². The van der Waals surface area contributed by atoms with E-state index in [9.17, 15) is 14.7 Å². The minimum absolute atomic E-state index is 0.0223. The van der Waals surface area contributed by atoms with Gasteiger partial charge in [-0.1, -0.05) is 0 Å². The zero-order chi connectivity index (χ0) is 22.7. The summed E-state index contributed by atoms with van der Waals surface area (Å²) in [5, 5.41) is 11.0. The van der Waals surface area contributed by atoms with Crippen molar-refractivity contribution in [1.29, 1.82) is 0 Å². The van der Waals surface area contributed by atoms with Crippen LogP contribution in [0.2, 0.25) is 0 Å². The van der Waals surface area contributed by atoms with Crippen molar-refractivity contribution in [3.8, 4) is 5.75 Å². The molecule has 1 aliphatic heterocycles. The number of carbonyl (C=O) groups is 2. The van der Waals surface area contributed by atoms with E-state index >= 15 is 0 Å². The highest BCUT2D eigenvalue weighted by atomic mass is 16.5. The molecule has 7 heteroatoms. The lowest BCUT2D eigenvalue weighted by Gasteiger charge is -2.24. The lowest BCUT2D eigenvalue weighted by Crippen LogP contribution is -2.32. The first-order valence-corrected chi connectivity index (χ1v) is 10.5. The van der Waals surface area contributed by atoms with Crippen molar-refractivity contribution in [1.82, 2.24) is 9.80 Å². The number of aliphatic hydroxyl groups excluding tert-OH is 1. The number of aliphatic hydroxyl groups is 1. The second kappa shape index (κ2) is 9.39. The van der Waals surface area contributed by atoms with Gasteiger partial charge < -0.3 is 24.1 Å². The SMILES string of the molecule is Cc1ccc(C2/C(=C(/O)c3ccc(OC(C)C)cc3)C(=O)C(=O)N2CCCN(C)C)o1. The number of likely N-dealkylation sites (tertiary alicyclic amines) is 1. The molecule has 0 spiro atoms. The molecule has 1 N–H and O–H groups in total. The first-order valence-electron chi connectivity index (χ1n) is 10.5. The maximum atomic E-state index is 12.9. The third-order valence-corrected chi connectivity index (χ3v) is 5.07. The Kier molecular flexibility index (Phi) is 6.85. The molecule has 1 saturated heterocycles. The number of amides is 1. The predicted molar refractivity (Wildman–Crippen MR) is 118 cm³/mol. The van der Waals surface area contributed by atoms with Crippen LogP contribution in [0.5, 0.6) is 5.75 Å². The van der Waals surface area contributed by atoms with Gasteiger partial charge in [0.1, 0.15) is 29.1 Å². The summed E-state index contributed by atoms with van der Waals surface area (Å²) in [7, 11) is 3.91. The molecule has 1 atom stereocenters. The summed E-state index contributed by atoms with van der Waals surface area (Å²) in [6, 6.07) is 9.59. The van der Waals surface area contributed by atoms with Gasteiger partial charge in [0.2, 0.25) is 0 Å². The molecule has 0 radical (unpaired) electrons. The highest BCUT2D eigenvalue weighted by Crippen LogP contribution is 2.40. The number of ketones is 1. The average Bonchev–Trinajstić information content (AvgIpc) is 3.23. The molecule has 1 aromatic heterocycles. The molecule has 31 heavy (non-hydrogen) atoms. The second-order valence-electron chi connectivity index (χ2n) is 8.29. The second-order valence-corrected chi connectivity index (χ2v) is 8.29. The number of benzene rings is 1. The summed E-state index contributed by atoms with van der Waals surface area (Å²) in [5.74, 6) is 0.243. The number of Topliss-reactive ketones (excluding diaryl/α,β-unsaturated/α-hetero) is 1.